The summed E-state index contributed by atoms with van der Waals surface area (Å²) in [6.45, 7) is 0. The van der Waals surface area contributed by atoms with Crippen LogP contribution in [0.5, 0.6) is 0 Å². The third-order valence-electron chi connectivity index (χ3n) is 6.45. The number of nitrogens with two attached hydrogens (primary N) is 1. The minimum atomic E-state index is -0.633. The highest BCUT2D eigenvalue weighted by molar-refractivity contribution is 6.31. The molecular weight excluding hydrogens is 495 g/mol. The first kappa shape index (κ1) is 22.7. The zero-order chi connectivity index (χ0) is 25.7. The fourth-order valence-corrected chi connectivity index (χ4v) is 4.92. The van der Waals surface area contributed by atoms with Crippen molar-refractivity contribution >= 4 is 17.3 Å². The fourth-order valence-electron chi connectivity index (χ4n) is 4.75. The summed E-state index contributed by atoms with van der Waals surface area (Å²) in [6.07, 6.45) is 2.70. The van der Waals surface area contributed by atoms with Gasteiger partial charge < -0.3 is 15.3 Å². The Labute approximate surface area is 214 Å². The van der Waals surface area contributed by atoms with Crippen LogP contribution in [0.1, 0.15) is 29.7 Å². The van der Waals surface area contributed by atoms with E-state index in [4.69, 9.17) is 22.6 Å². The smallest absolute Gasteiger partial charge is 0.252 e. The molecule has 4 heterocycles. The van der Waals surface area contributed by atoms with Crippen molar-refractivity contribution in [3.8, 4) is 34.1 Å². The summed E-state index contributed by atoms with van der Waals surface area (Å²) in [4.78, 5) is 20.6. The fraction of sp³-hybridized carbons (Fsp3) is 0.115. The molecule has 0 unspecified atom stereocenters. The van der Waals surface area contributed by atoms with Crippen molar-refractivity contribution in [2.24, 2.45) is 0 Å². The summed E-state index contributed by atoms with van der Waals surface area (Å²) >= 11 is 6.29. The molecule has 9 nitrogen and oxygen atoms in total. The van der Waals surface area contributed by atoms with Crippen LogP contribution in [0.4, 0.5) is 10.1 Å². The van der Waals surface area contributed by atoms with Crippen LogP contribution in [0.3, 0.4) is 0 Å². The number of nitrogens with zero attached hydrogens (tertiary/aromatic N) is 6. The summed E-state index contributed by atoms with van der Waals surface area (Å²) in [5.74, 6) is -0.251. The molecule has 1 aliphatic heterocycles. The Morgan fingerprint density at radius 3 is 2.70 bits per heavy atom. The molecule has 0 fully saturated rings. The van der Waals surface area contributed by atoms with Crippen LogP contribution < -0.4 is 11.3 Å². The van der Waals surface area contributed by atoms with Gasteiger partial charge in [0.15, 0.2) is 5.69 Å². The first-order chi connectivity index (χ1) is 17.9. The summed E-state index contributed by atoms with van der Waals surface area (Å²) in [7, 11) is 0. The van der Waals surface area contributed by atoms with E-state index in [9.17, 15) is 9.18 Å². The molecule has 182 valence electrons. The predicted molar refractivity (Wildman–Crippen MR) is 136 cm³/mol. The van der Waals surface area contributed by atoms with Crippen LogP contribution in [0.15, 0.2) is 65.6 Å². The highest BCUT2D eigenvalue weighted by Gasteiger charge is 2.29. The maximum atomic E-state index is 14.8. The number of aryl methyl sites for hydroxylation is 1. The molecule has 0 saturated heterocycles. The predicted octanol–water partition coefficient (Wildman–Crippen LogP) is 4.27. The van der Waals surface area contributed by atoms with Crippen molar-refractivity contribution < 1.29 is 4.39 Å². The topological polar surface area (TPSA) is 131 Å². The highest BCUT2D eigenvalue weighted by atomic mass is 35.5. The standard InChI is InChI=1S/C26H18ClFN8O/c27-16-3-7-21(35-13-18(12-29)33-34-35)20(11-16)15-9-19-6-8-22(36(19)23(37)10-15)26-31-24(25(28)32-26)14-1-4-17(30)5-2-14/h1-5,7,9-11,13,22H,6,8,30H2,(H,31,32)/t22-/m0/s1. The van der Waals surface area contributed by atoms with Gasteiger partial charge in [0.05, 0.1) is 17.9 Å². The Morgan fingerprint density at radius 2 is 1.95 bits per heavy atom. The Morgan fingerprint density at radius 1 is 1.14 bits per heavy atom. The number of halogens is 2. The SMILES string of the molecule is N#Cc1cn(-c2ccc(Cl)cc2-c2cc3n(c(=O)c2)[C@H](c2nc(F)c(-c4ccc(N)cc4)[nH]2)CC3)nn1. The third-order valence-corrected chi connectivity index (χ3v) is 6.69. The van der Waals surface area contributed by atoms with Gasteiger partial charge in [-0.3, -0.25) is 4.79 Å². The number of pyridine rings is 1. The lowest BCUT2D eigenvalue weighted by atomic mass is 10.0. The monoisotopic (exact) mass is 512 g/mol. The van der Waals surface area contributed by atoms with Crippen molar-refractivity contribution in [3.63, 3.8) is 0 Å². The number of nitrogen functional groups attached to an aromatic ring is 1. The van der Waals surface area contributed by atoms with Crippen LogP contribution >= 0.6 is 11.6 Å². The molecular formula is C26H18ClFN8O. The van der Waals surface area contributed by atoms with E-state index in [1.807, 2.05) is 12.1 Å². The quantitative estimate of drug-likeness (QED) is 0.346. The number of rotatable bonds is 4. The Balaban J connectivity index is 1.40. The molecule has 11 heteroatoms. The molecule has 3 N–H and O–H groups in total. The third kappa shape index (κ3) is 3.95. The van der Waals surface area contributed by atoms with Gasteiger partial charge in [-0.15, -0.1) is 5.10 Å². The minimum absolute atomic E-state index is 0.168. The Kier molecular flexibility index (Phi) is 5.35. The lowest BCUT2D eigenvalue weighted by Gasteiger charge is -2.15. The molecule has 0 aliphatic carbocycles. The van der Waals surface area contributed by atoms with E-state index in [0.29, 0.717) is 51.8 Å². The number of anilines is 1. The zero-order valence-corrected chi connectivity index (χ0v) is 19.9. The number of nitrogens with one attached hydrogen (secondary N) is 1. The van der Waals surface area contributed by atoms with E-state index >= 15 is 0 Å². The average molecular weight is 513 g/mol. The van der Waals surface area contributed by atoms with E-state index in [1.54, 1.807) is 47.0 Å². The van der Waals surface area contributed by atoms with E-state index in [2.05, 4.69) is 20.3 Å². The second-order valence-corrected chi connectivity index (χ2v) is 9.17. The van der Waals surface area contributed by atoms with E-state index < -0.39 is 12.0 Å². The highest BCUT2D eigenvalue weighted by Crippen LogP contribution is 2.35. The molecule has 1 aliphatic rings. The van der Waals surface area contributed by atoms with Crippen molar-refractivity contribution in [1.29, 1.82) is 5.26 Å². The van der Waals surface area contributed by atoms with Crippen molar-refractivity contribution in [1.82, 2.24) is 29.5 Å². The number of fused-ring (bicyclic) bond motifs is 1. The van der Waals surface area contributed by atoms with E-state index in [1.165, 1.54) is 16.9 Å². The molecule has 37 heavy (non-hydrogen) atoms. The van der Waals surface area contributed by atoms with Crippen molar-refractivity contribution in [2.45, 2.75) is 18.9 Å². The summed E-state index contributed by atoms with van der Waals surface area (Å²) in [6, 6.07) is 17.0. The lowest BCUT2D eigenvalue weighted by Crippen LogP contribution is -2.24. The molecule has 0 amide bonds. The van der Waals surface area contributed by atoms with Gasteiger partial charge in [-0.05, 0) is 54.8 Å². The number of hydrogen-bond donors (Lipinski definition) is 2. The summed E-state index contributed by atoms with van der Waals surface area (Å²) in [5.41, 5.74) is 9.84. The van der Waals surface area contributed by atoms with Crippen molar-refractivity contribution in [3.05, 3.63) is 99.3 Å². The molecule has 5 aromatic rings. The summed E-state index contributed by atoms with van der Waals surface area (Å²) in [5, 5.41) is 17.5. The second-order valence-electron chi connectivity index (χ2n) is 8.73. The van der Waals surface area contributed by atoms with Crippen LogP contribution in [-0.4, -0.2) is 29.5 Å². The zero-order valence-electron chi connectivity index (χ0n) is 19.2. The number of imidazole rings is 1. The van der Waals surface area contributed by atoms with Gasteiger partial charge >= 0.3 is 0 Å². The first-order valence-electron chi connectivity index (χ1n) is 11.4. The first-order valence-corrected chi connectivity index (χ1v) is 11.8. The molecule has 1 atom stereocenters. The summed E-state index contributed by atoms with van der Waals surface area (Å²) < 4.78 is 17.9. The van der Waals surface area contributed by atoms with Crippen LogP contribution in [0, 0.1) is 17.3 Å². The van der Waals surface area contributed by atoms with Crippen molar-refractivity contribution in [2.75, 3.05) is 5.73 Å². The molecule has 0 radical (unpaired) electrons. The van der Waals surface area contributed by atoms with Crippen LogP contribution in [-0.2, 0) is 6.42 Å². The molecule has 0 spiro atoms. The van der Waals surface area contributed by atoms with Crippen LogP contribution in [0.25, 0.3) is 28.1 Å². The maximum absolute atomic E-state index is 14.8. The molecule has 2 aromatic carbocycles. The van der Waals surface area contributed by atoms with Gasteiger partial charge in [-0.25, -0.2) is 9.67 Å². The Hall–Kier alpha value is -4.75. The molecule has 3 aromatic heterocycles. The largest absolute Gasteiger partial charge is 0.399 e. The van der Waals surface area contributed by atoms with Gasteiger partial charge in [0.2, 0.25) is 5.95 Å². The Bertz CT molecular complexity index is 1760. The minimum Gasteiger partial charge on any atom is -0.399 e. The number of H-pyrrole nitrogens is 1. The number of nitriles is 1. The molecule has 6 rings (SSSR count). The van der Waals surface area contributed by atoms with Crippen LogP contribution in [0.2, 0.25) is 5.02 Å². The lowest BCUT2D eigenvalue weighted by molar-refractivity contribution is 0.548. The average Bonchev–Trinajstić information content (AvgIpc) is 3.63. The normalized spacial score (nSPS) is 14.5. The second kappa shape index (κ2) is 8.72. The van der Waals surface area contributed by atoms with E-state index in [0.717, 1.165) is 5.69 Å². The van der Waals surface area contributed by atoms with E-state index in [-0.39, 0.29) is 16.9 Å². The molecule has 0 bridgehead atoms. The van der Waals surface area contributed by atoms with Gasteiger partial charge in [0, 0.05) is 33.6 Å². The van der Waals surface area contributed by atoms with Gasteiger partial charge in [0.25, 0.3) is 5.56 Å². The van der Waals surface area contributed by atoms with Gasteiger partial charge in [-0.1, -0.05) is 28.9 Å². The number of hydrogen-bond acceptors (Lipinski definition) is 6. The number of benzene rings is 2. The maximum Gasteiger partial charge on any atom is 0.252 e. The van der Waals surface area contributed by atoms with Gasteiger partial charge in [0.1, 0.15) is 17.6 Å². The number of aromatic amines is 1. The van der Waals surface area contributed by atoms with Gasteiger partial charge in [-0.2, -0.15) is 9.65 Å². The molecule has 0 saturated carbocycles. The number of aromatic nitrogens is 6.